The Balaban J connectivity index is 1.96. The average Bonchev–Trinajstić information content (AvgIpc) is 2.65. The molecule has 0 aliphatic carbocycles. The normalized spacial score (nSPS) is 11.1. The minimum absolute atomic E-state index is 0.297. The monoisotopic (exact) mass is 424 g/mol. The molecule has 0 radical (unpaired) electrons. The summed E-state index contributed by atoms with van der Waals surface area (Å²) in [6, 6.07) is 12.7. The molecule has 0 heterocycles. The highest BCUT2D eigenvalue weighted by Gasteiger charge is 2.22. The largest absolute Gasteiger partial charge is 0.496 e. The average molecular weight is 425 g/mol. The maximum atomic E-state index is 12.3. The Hall–Kier alpha value is -2.25. The summed E-state index contributed by atoms with van der Waals surface area (Å²) in [6.07, 6.45) is 2.52. The first-order chi connectivity index (χ1) is 13.2. The van der Waals surface area contributed by atoms with Crippen molar-refractivity contribution in [2.45, 2.75) is 19.8 Å². The number of rotatable bonds is 9. The molecule has 0 aliphatic heterocycles. The summed E-state index contributed by atoms with van der Waals surface area (Å²) in [4.78, 5) is 12.3. The third-order valence-corrected chi connectivity index (χ3v) is 5.87. The van der Waals surface area contributed by atoms with E-state index in [9.17, 15) is 13.2 Å². The topological polar surface area (TPSA) is 75.7 Å². The van der Waals surface area contributed by atoms with E-state index in [1.54, 1.807) is 32.2 Å². The van der Waals surface area contributed by atoms with E-state index < -0.39 is 10.0 Å². The van der Waals surface area contributed by atoms with E-state index in [-0.39, 0.29) is 12.5 Å². The van der Waals surface area contributed by atoms with Gasteiger partial charge in [-0.1, -0.05) is 35.9 Å². The second kappa shape index (κ2) is 9.80. The van der Waals surface area contributed by atoms with Gasteiger partial charge in [0.25, 0.3) is 0 Å². The van der Waals surface area contributed by atoms with Gasteiger partial charge in [0.1, 0.15) is 12.3 Å². The van der Waals surface area contributed by atoms with Crippen LogP contribution in [0.5, 0.6) is 5.75 Å². The first-order valence-corrected chi connectivity index (χ1v) is 11.1. The molecule has 2 rings (SSSR count). The van der Waals surface area contributed by atoms with E-state index in [0.29, 0.717) is 29.2 Å². The van der Waals surface area contributed by atoms with Crippen molar-refractivity contribution in [1.29, 1.82) is 0 Å². The van der Waals surface area contributed by atoms with Gasteiger partial charge in [-0.25, -0.2) is 8.42 Å². The van der Waals surface area contributed by atoms with Gasteiger partial charge in [0.15, 0.2) is 0 Å². The first-order valence-electron chi connectivity index (χ1n) is 8.85. The van der Waals surface area contributed by atoms with Crippen molar-refractivity contribution in [2.24, 2.45) is 0 Å². The molecule has 0 atom stereocenters. The third kappa shape index (κ3) is 5.87. The second-order valence-corrected chi connectivity index (χ2v) is 8.73. The van der Waals surface area contributed by atoms with Gasteiger partial charge in [0.05, 0.1) is 19.1 Å². The van der Waals surface area contributed by atoms with Crippen LogP contribution in [-0.4, -0.2) is 40.8 Å². The number of ether oxygens (including phenoxy) is 1. The smallest absolute Gasteiger partial charge is 0.240 e. The van der Waals surface area contributed by atoms with Crippen LogP contribution in [0.1, 0.15) is 17.5 Å². The predicted octanol–water partition coefficient (Wildman–Crippen LogP) is 3.17. The van der Waals surface area contributed by atoms with Crippen LogP contribution in [0.25, 0.3) is 0 Å². The van der Waals surface area contributed by atoms with Gasteiger partial charge in [-0.05, 0) is 49.1 Å². The Bertz CT molecular complexity index is 932. The summed E-state index contributed by atoms with van der Waals surface area (Å²) in [7, 11) is -2.01. The lowest BCUT2D eigenvalue weighted by atomic mass is 10.1. The lowest BCUT2D eigenvalue weighted by Crippen LogP contribution is -2.41. The number of nitrogens with zero attached hydrogens (tertiary/aromatic N) is 1. The van der Waals surface area contributed by atoms with Gasteiger partial charge in [0.2, 0.25) is 15.9 Å². The van der Waals surface area contributed by atoms with Crippen LogP contribution in [0.4, 0.5) is 5.69 Å². The molecule has 28 heavy (non-hydrogen) atoms. The summed E-state index contributed by atoms with van der Waals surface area (Å²) in [5.74, 6) is 0.443. The van der Waals surface area contributed by atoms with Crippen LogP contribution in [0, 0.1) is 6.92 Å². The predicted molar refractivity (Wildman–Crippen MR) is 113 cm³/mol. The SMILES string of the molecule is COc1ccccc1CCCNC(=O)CN(c1cccc(Cl)c1C)S(C)(=O)=O. The van der Waals surface area contributed by atoms with Gasteiger partial charge < -0.3 is 10.1 Å². The molecule has 0 fully saturated rings. The summed E-state index contributed by atoms with van der Waals surface area (Å²) < 4.78 is 30.8. The van der Waals surface area contributed by atoms with Gasteiger partial charge in [0, 0.05) is 11.6 Å². The number of anilines is 1. The number of benzene rings is 2. The maximum absolute atomic E-state index is 12.3. The molecule has 0 aliphatic rings. The number of para-hydroxylation sites is 1. The quantitative estimate of drug-likeness (QED) is 0.627. The molecule has 1 amide bonds. The standard InChI is InChI=1S/C20H25ClN2O4S/c1-15-17(21)10-6-11-18(15)23(28(3,25)26)14-20(24)22-13-7-9-16-8-4-5-12-19(16)27-2/h4-6,8,10-12H,7,9,13-14H2,1-3H3,(H,22,24). The Morgan fingerprint density at radius 2 is 1.89 bits per heavy atom. The van der Waals surface area contributed by atoms with E-state index in [2.05, 4.69) is 5.32 Å². The minimum atomic E-state index is -3.64. The lowest BCUT2D eigenvalue weighted by Gasteiger charge is -2.24. The van der Waals surface area contributed by atoms with Crippen molar-refractivity contribution in [3.63, 3.8) is 0 Å². The number of carbonyl (C=O) groups is 1. The summed E-state index contributed by atoms with van der Waals surface area (Å²) in [5.41, 5.74) is 2.07. The number of methoxy groups -OCH3 is 1. The Kier molecular flexibility index (Phi) is 7.71. The number of hydrogen-bond donors (Lipinski definition) is 1. The molecule has 8 heteroatoms. The number of halogens is 1. The zero-order valence-corrected chi connectivity index (χ0v) is 17.8. The van der Waals surface area contributed by atoms with E-state index in [0.717, 1.165) is 28.3 Å². The molecule has 0 saturated carbocycles. The van der Waals surface area contributed by atoms with Crippen molar-refractivity contribution in [3.8, 4) is 5.75 Å². The van der Waals surface area contributed by atoms with Crippen molar-refractivity contribution < 1.29 is 17.9 Å². The molecule has 2 aromatic rings. The third-order valence-electron chi connectivity index (χ3n) is 4.33. The van der Waals surface area contributed by atoms with E-state index in [4.69, 9.17) is 16.3 Å². The van der Waals surface area contributed by atoms with Crippen molar-refractivity contribution in [2.75, 3.05) is 30.8 Å². The van der Waals surface area contributed by atoms with Crippen molar-refractivity contribution in [1.82, 2.24) is 5.32 Å². The fourth-order valence-electron chi connectivity index (χ4n) is 2.85. The van der Waals surface area contributed by atoms with E-state index in [1.165, 1.54) is 0 Å². The van der Waals surface area contributed by atoms with Gasteiger partial charge in [-0.15, -0.1) is 0 Å². The number of amides is 1. The fraction of sp³-hybridized carbons (Fsp3) is 0.350. The number of aryl methyl sites for hydroxylation is 1. The number of sulfonamides is 1. The molecule has 2 aromatic carbocycles. The molecular formula is C20H25ClN2O4S. The summed E-state index contributed by atoms with van der Waals surface area (Å²) in [6.45, 7) is 1.86. The molecule has 0 spiro atoms. The van der Waals surface area contributed by atoms with Gasteiger partial charge in [-0.2, -0.15) is 0 Å². The highest BCUT2D eigenvalue weighted by Crippen LogP contribution is 2.28. The Morgan fingerprint density at radius 1 is 1.18 bits per heavy atom. The van der Waals surface area contributed by atoms with E-state index in [1.807, 2.05) is 24.3 Å². The van der Waals surface area contributed by atoms with Crippen LogP contribution in [-0.2, 0) is 21.2 Å². The van der Waals surface area contributed by atoms with Crippen LogP contribution >= 0.6 is 11.6 Å². The fourth-order valence-corrected chi connectivity index (χ4v) is 3.93. The molecule has 152 valence electrons. The first kappa shape index (κ1) is 22.0. The zero-order chi connectivity index (χ0) is 20.7. The number of hydrogen-bond acceptors (Lipinski definition) is 4. The minimum Gasteiger partial charge on any atom is -0.496 e. The molecule has 0 aromatic heterocycles. The lowest BCUT2D eigenvalue weighted by molar-refractivity contribution is -0.119. The van der Waals surface area contributed by atoms with Crippen molar-refractivity contribution >= 4 is 33.2 Å². The van der Waals surface area contributed by atoms with Crippen LogP contribution in [0.2, 0.25) is 5.02 Å². The number of carbonyl (C=O) groups excluding carboxylic acids is 1. The number of nitrogens with one attached hydrogen (secondary N) is 1. The summed E-state index contributed by atoms with van der Waals surface area (Å²) in [5, 5.41) is 3.23. The summed E-state index contributed by atoms with van der Waals surface area (Å²) >= 11 is 6.10. The molecule has 0 unspecified atom stereocenters. The molecule has 0 saturated heterocycles. The Labute approximate surface area is 171 Å². The van der Waals surface area contributed by atoms with Crippen LogP contribution in [0.15, 0.2) is 42.5 Å². The molecule has 1 N–H and O–H groups in total. The Morgan fingerprint density at radius 3 is 2.57 bits per heavy atom. The van der Waals surface area contributed by atoms with Crippen LogP contribution < -0.4 is 14.4 Å². The van der Waals surface area contributed by atoms with Gasteiger partial charge >= 0.3 is 0 Å². The van der Waals surface area contributed by atoms with Crippen LogP contribution in [0.3, 0.4) is 0 Å². The second-order valence-electron chi connectivity index (χ2n) is 6.42. The highest BCUT2D eigenvalue weighted by molar-refractivity contribution is 7.92. The molecular weight excluding hydrogens is 400 g/mol. The maximum Gasteiger partial charge on any atom is 0.240 e. The highest BCUT2D eigenvalue weighted by atomic mass is 35.5. The zero-order valence-electron chi connectivity index (χ0n) is 16.2. The van der Waals surface area contributed by atoms with Crippen molar-refractivity contribution in [3.05, 3.63) is 58.6 Å². The van der Waals surface area contributed by atoms with Gasteiger partial charge in [-0.3, -0.25) is 9.10 Å². The molecule has 6 nitrogen and oxygen atoms in total. The molecule has 0 bridgehead atoms. The van der Waals surface area contributed by atoms with E-state index >= 15 is 0 Å².